The van der Waals surface area contributed by atoms with Crippen LogP contribution in [0.25, 0.3) is 33.7 Å². The Morgan fingerprint density at radius 2 is 1.03 bits per heavy atom. The Balaban J connectivity index is 1.44. The third kappa shape index (κ3) is 4.51. The van der Waals surface area contributed by atoms with Crippen molar-refractivity contribution in [2.75, 3.05) is 13.1 Å². The fourth-order valence-electron chi connectivity index (χ4n) is 5.19. The molecule has 0 saturated carbocycles. The van der Waals surface area contributed by atoms with Gasteiger partial charge in [-0.1, -0.05) is 115 Å². The first-order valence-electron chi connectivity index (χ1n) is 12.4. The number of hydrogen-bond donors (Lipinski definition) is 0. The Morgan fingerprint density at radius 1 is 0.556 bits per heavy atom. The number of fused-ring (bicyclic) bond motifs is 2. The molecule has 0 aromatic heterocycles. The lowest BCUT2D eigenvalue weighted by Gasteiger charge is -2.30. The first kappa shape index (κ1) is 22.2. The van der Waals surface area contributed by atoms with Crippen LogP contribution in [0.15, 0.2) is 126 Å². The minimum absolute atomic E-state index is 0.139. The molecule has 2 nitrogen and oxygen atoms in total. The molecule has 1 aliphatic heterocycles. The molecule has 0 atom stereocenters. The summed E-state index contributed by atoms with van der Waals surface area (Å²) in [5, 5.41) is 4.70. The van der Waals surface area contributed by atoms with Crippen LogP contribution in [0, 0.1) is 0 Å². The van der Waals surface area contributed by atoms with Gasteiger partial charge in [-0.3, -0.25) is 9.69 Å². The molecule has 0 spiro atoms. The van der Waals surface area contributed by atoms with Gasteiger partial charge in [0.05, 0.1) is 0 Å². The maximum Gasteiger partial charge on any atom is 0.187 e. The molecule has 1 fully saturated rings. The molecule has 0 N–H and O–H groups in total. The fourth-order valence-corrected chi connectivity index (χ4v) is 5.19. The molecule has 1 heterocycles. The van der Waals surface area contributed by atoms with Gasteiger partial charge in [0.1, 0.15) is 0 Å². The number of carbonyl (C=O) groups excluding carboxylic acids is 1. The van der Waals surface area contributed by atoms with E-state index in [9.17, 15) is 4.79 Å². The third-order valence-corrected chi connectivity index (χ3v) is 6.93. The summed E-state index contributed by atoms with van der Waals surface area (Å²) in [7, 11) is 0. The highest BCUT2D eigenvalue weighted by molar-refractivity contribution is 6.16. The van der Waals surface area contributed by atoms with Crippen molar-refractivity contribution < 1.29 is 4.79 Å². The van der Waals surface area contributed by atoms with Gasteiger partial charge in [0.25, 0.3) is 0 Å². The van der Waals surface area contributed by atoms with Crippen molar-refractivity contribution in [2.45, 2.75) is 6.54 Å². The van der Waals surface area contributed by atoms with E-state index in [0.29, 0.717) is 13.1 Å². The van der Waals surface area contributed by atoms with E-state index in [1.54, 1.807) is 0 Å². The van der Waals surface area contributed by atoms with Crippen molar-refractivity contribution in [3.8, 4) is 0 Å². The van der Waals surface area contributed by atoms with E-state index >= 15 is 0 Å². The number of hydrogen-bond acceptors (Lipinski definition) is 2. The summed E-state index contributed by atoms with van der Waals surface area (Å²) in [5.41, 5.74) is 5.09. The summed E-state index contributed by atoms with van der Waals surface area (Å²) in [6.45, 7) is 2.06. The number of Topliss-reactive ketones (excluding diaryl/α,β-unsaturated/α-hetero) is 1. The van der Waals surface area contributed by atoms with Gasteiger partial charge in [-0.2, -0.15) is 0 Å². The molecule has 0 amide bonds. The lowest BCUT2D eigenvalue weighted by molar-refractivity contribution is -0.113. The van der Waals surface area contributed by atoms with Crippen molar-refractivity contribution in [1.82, 2.24) is 4.90 Å². The largest absolute Gasteiger partial charge is 0.290 e. The van der Waals surface area contributed by atoms with Crippen molar-refractivity contribution in [1.29, 1.82) is 0 Å². The predicted molar refractivity (Wildman–Crippen MR) is 151 cm³/mol. The molecule has 0 radical (unpaired) electrons. The van der Waals surface area contributed by atoms with Gasteiger partial charge in [0.2, 0.25) is 0 Å². The SMILES string of the molecule is O=C1C(=Cc2cccc3ccccc23)CN(Cc2ccccc2)CC1=Cc1cccc2ccccc12. The average Bonchev–Trinajstić information content (AvgIpc) is 2.92. The fraction of sp³-hybridized carbons (Fsp3) is 0.0882. The average molecular weight is 466 g/mol. The van der Waals surface area contributed by atoms with E-state index in [4.69, 9.17) is 0 Å². The summed E-state index contributed by atoms with van der Waals surface area (Å²) < 4.78 is 0. The Kier molecular flexibility index (Phi) is 6.03. The van der Waals surface area contributed by atoms with Gasteiger partial charge in [-0.05, 0) is 50.4 Å². The lowest BCUT2D eigenvalue weighted by atomic mass is 9.92. The van der Waals surface area contributed by atoms with Gasteiger partial charge < -0.3 is 0 Å². The number of piperidine rings is 1. The van der Waals surface area contributed by atoms with Gasteiger partial charge in [-0.25, -0.2) is 0 Å². The number of ketones is 1. The molecule has 1 aliphatic rings. The van der Waals surface area contributed by atoms with E-state index in [1.165, 1.54) is 27.1 Å². The van der Waals surface area contributed by atoms with Crippen molar-refractivity contribution in [2.24, 2.45) is 0 Å². The zero-order valence-corrected chi connectivity index (χ0v) is 20.1. The van der Waals surface area contributed by atoms with E-state index in [-0.39, 0.29) is 5.78 Å². The third-order valence-electron chi connectivity index (χ3n) is 6.93. The predicted octanol–water partition coefficient (Wildman–Crippen LogP) is 7.54. The second-order valence-corrected chi connectivity index (χ2v) is 9.44. The highest BCUT2D eigenvalue weighted by atomic mass is 16.1. The van der Waals surface area contributed by atoms with E-state index < -0.39 is 0 Å². The van der Waals surface area contributed by atoms with Gasteiger partial charge >= 0.3 is 0 Å². The molecular formula is C34H27NO. The summed E-state index contributed by atoms with van der Waals surface area (Å²) in [5.74, 6) is 0.139. The number of likely N-dealkylation sites (tertiary alicyclic amines) is 1. The minimum Gasteiger partial charge on any atom is -0.290 e. The van der Waals surface area contributed by atoms with Crippen LogP contribution in [0.2, 0.25) is 0 Å². The molecule has 2 heteroatoms. The topological polar surface area (TPSA) is 20.3 Å². The standard InChI is InChI=1S/C34H27NO/c36-34-30(20-28-16-8-14-26-12-4-6-18-32(26)28)23-35(22-25-10-2-1-3-11-25)24-31(34)21-29-17-9-15-27-13-5-7-19-33(27)29/h1-21H,22-24H2. The zero-order valence-electron chi connectivity index (χ0n) is 20.1. The van der Waals surface area contributed by atoms with Gasteiger partial charge in [0.15, 0.2) is 5.78 Å². The monoisotopic (exact) mass is 465 g/mol. The molecule has 0 unspecified atom stereocenters. The van der Waals surface area contributed by atoms with E-state index in [1.807, 2.05) is 6.07 Å². The van der Waals surface area contributed by atoms with Crippen LogP contribution in [0.4, 0.5) is 0 Å². The summed E-state index contributed by atoms with van der Waals surface area (Å²) in [4.78, 5) is 16.2. The maximum atomic E-state index is 13.8. The van der Waals surface area contributed by atoms with Crippen LogP contribution in [-0.4, -0.2) is 23.8 Å². The summed E-state index contributed by atoms with van der Waals surface area (Å²) in [6.07, 6.45) is 4.19. The van der Waals surface area contributed by atoms with Crippen LogP contribution < -0.4 is 0 Å². The lowest BCUT2D eigenvalue weighted by Crippen LogP contribution is -2.37. The van der Waals surface area contributed by atoms with Crippen LogP contribution in [0.1, 0.15) is 16.7 Å². The highest BCUT2D eigenvalue weighted by Crippen LogP contribution is 2.28. The molecule has 0 aliphatic carbocycles. The Hall–Kier alpha value is -4.27. The van der Waals surface area contributed by atoms with Crippen LogP contribution >= 0.6 is 0 Å². The Labute approximate surface area is 211 Å². The Morgan fingerprint density at radius 3 is 1.58 bits per heavy atom. The Bertz CT molecular complexity index is 1520. The normalized spacial score (nSPS) is 16.8. The van der Waals surface area contributed by atoms with Crippen molar-refractivity contribution in [3.63, 3.8) is 0 Å². The van der Waals surface area contributed by atoms with Crippen LogP contribution in [0.3, 0.4) is 0 Å². The van der Waals surface area contributed by atoms with E-state index in [2.05, 4.69) is 126 Å². The number of carbonyl (C=O) groups is 1. The molecule has 0 bridgehead atoms. The minimum atomic E-state index is 0.139. The first-order valence-corrected chi connectivity index (χ1v) is 12.4. The van der Waals surface area contributed by atoms with E-state index in [0.717, 1.165) is 28.8 Å². The quantitative estimate of drug-likeness (QED) is 0.256. The highest BCUT2D eigenvalue weighted by Gasteiger charge is 2.26. The summed E-state index contributed by atoms with van der Waals surface area (Å²) in [6, 6.07) is 39.8. The number of benzene rings is 5. The molecule has 5 aromatic carbocycles. The smallest absolute Gasteiger partial charge is 0.187 e. The van der Waals surface area contributed by atoms with Crippen LogP contribution in [-0.2, 0) is 11.3 Å². The van der Waals surface area contributed by atoms with Gasteiger partial charge in [-0.15, -0.1) is 0 Å². The molecule has 1 saturated heterocycles. The number of rotatable bonds is 4. The second kappa shape index (κ2) is 9.77. The molecule has 6 rings (SSSR count). The first-order chi connectivity index (χ1) is 17.7. The second-order valence-electron chi connectivity index (χ2n) is 9.44. The zero-order chi connectivity index (χ0) is 24.3. The molecule has 5 aromatic rings. The summed E-state index contributed by atoms with van der Waals surface area (Å²) >= 11 is 0. The number of nitrogens with zero attached hydrogens (tertiary/aromatic N) is 1. The van der Waals surface area contributed by atoms with Gasteiger partial charge in [0, 0.05) is 30.8 Å². The molecule has 36 heavy (non-hydrogen) atoms. The molecular weight excluding hydrogens is 438 g/mol. The van der Waals surface area contributed by atoms with Crippen molar-refractivity contribution >= 4 is 39.5 Å². The molecule has 174 valence electrons. The maximum absolute atomic E-state index is 13.8. The van der Waals surface area contributed by atoms with Crippen molar-refractivity contribution in [3.05, 3.63) is 143 Å². The van der Waals surface area contributed by atoms with Crippen LogP contribution in [0.5, 0.6) is 0 Å².